The number of aryl methyl sites for hydroxylation is 1. The smallest absolute Gasteiger partial charge is 0.149 e. The Bertz CT molecular complexity index is 1210. The third-order valence-corrected chi connectivity index (χ3v) is 5.14. The van der Waals surface area contributed by atoms with Gasteiger partial charge in [-0.05, 0) is 43.7 Å². The number of aromatic amines is 1. The first-order chi connectivity index (χ1) is 13.6. The van der Waals surface area contributed by atoms with Crippen molar-refractivity contribution in [3.63, 3.8) is 0 Å². The lowest BCUT2D eigenvalue weighted by molar-refractivity contribution is 0.659. The van der Waals surface area contributed by atoms with Gasteiger partial charge in [0.1, 0.15) is 11.9 Å². The van der Waals surface area contributed by atoms with Crippen molar-refractivity contribution in [3.8, 4) is 6.07 Å². The van der Waals surface area contributed by atoms with E-state index in [9.17, 15) is 5.26 Å². The van der Waals surface area contributed by atoms with Crippen LogP contribution in [0.2, 0.25) is 5.02 Å². The van der Waals surface area contributed by atoms with Gasteiger partial charge in [0.2, 0.25) is 0 Å². The lowest BCUT2D eigenvalue weighted by Crippen LogP contribution is -2.04. The standard InChI is InChI=1S/C22H18ClN5/c1-14-18(15(2)28(27-14)13-16-7-3-4-8-19(16)23)11-17(12-24)22-25-20-9-5-6-10-21(20)26-22/h3-11H,13H2,1-2H3,(H,25,26)/b17-11-. The SMILES string of the molecule is Cc1nn(Cc2ccccc2Cl)c(C)c1/C=C(/C#N)c1nc2ccccc2[nH]1. The van der Waals surface area contributed by atoms with Crippen LogP contribution >= 0.6 is 11.6 Å². The second-order valence-electron chi connectivity index (χ2n) is 6.61. The van der Waals surface area contributed by atoms with Gasteiger partial charge in [-0.25, -0.2) is 4.98 Å². The van der Waals surface area contributed by atoms with Crippen LogP contribution in [0.25, 0.3) is 22.7 Å². The van der Waals surface area contributed by atoms with E-state index in [-0.39, 0.29) is 0 Å². The number of imidazole rings is 1. The molecule has 0 aliphatic carbocycles. The molecule has 2 aromatic heterocycles. The topological polar surface area (TPSA) is 70.3 Å². The highest BCUT2D eigenvalue weighted by Gasteiger charge is 2.14. The van der Waals surface area contributed by atoms with Crippen LogP contribution in [0.15, 0.2) is 48.5 Å². The van der Waals surface area contributed by atoms with Crippen molar-refractivity contribution >= 4 is 34.3 Å². The number of rotatable bonds is 4. The maximum Gasteiger partial charge on any atom is 0.149 e. The average Bonchev–Trinajstić information content (AvgIpc) is 3.23. The quantitative estimate of drug-likeness (QED) is 0.493. The molecule has 0 unspecified atom stereocenters. The van der Waals surface area contributed by atoms with Crippen molar-refractivity contribution in [1.29, 1.82) is 5.26 Å². The first-order valence-electron chi connectivity index (χ1n) is 8.91. The van der Waals surface area contributed by atoms with E-state index in [1.165, 1.54) is 0 Å². The molecule has 0 radical (unpaired) electrons. The van der Waals surface area contributed by atoms with Gasteiger partial charge in [0.25, 0.3) is 0 Å². The van der Waals surface area contributed by atoms with Crippen molar-refractivity contribution in [2.75, 3.05) is 0 Å². The number of aromatic nitrogens is 4. The number of hydrogen-bond donors (Lipinski definition) is 1. The van der Waals surface area contributed by atoms with Gasteiger partial charge in [-0.3, -0.25) is 4.68 Å². The normalized spacial score (nSPS) is 11.7. The minimum absolute atomic E-state index is 0.472. The number of nitrogens with one attached hydrogen (secondary N) is 1. The van der Waals surface area contributed by atoms with Gasteiger partial charge in [-0.2, -0.15) is 10.4 Å². The Morgan fingerprint density at radius 3 is 2.68 bits per heavy atom. The molecule has 28 heavy (non-hydrogen) atoms. The van der Waals surface area contributed by atoms with Crippen LogP contribution in [0.1, 0.15) is 28.3 Å². The lowest BCUT2D eigenvalue weighted by Gasteiger charge is -2.06. The molecular weight excluding hydrogens is 370 g/mol. The Balaban J connectivity index is 1.73. The van der Waals surface area contributed by atoms with E-state index in [4.69, 9.17) is 11.6 Å². The zero-order chi connectivity index (χ0) is 19.7. The molecule has 0 amide bonds. The fourth-order valence-electron chi connectivity index (χ4n) is 3.24. The second kappa shape index (κ2) is 7.34. The molecule has 4 rings (SSSR count). The number of benzene rings is 2. The van der Waals surface area contributed by atoms with Gasteiger partial charge in [-0.15, -0.1) is 0 Å². The highest BCUT2D eigenvalue weighted by molar-refractivity contribution is 6.31. The van der Waals surface area contributed by atoms with Crippen molar-refractivity contribution in [2.45, 2.75) is 20.4 Å². The Labute approximate surface area is 167 Å². The number of halogens is 1. The van der Waals surface area contributed by atoms with E-state index < -0.39 is 0 Å². The van der Waals surface area contributed by atoms with E-state index in [2.05, 4.69) is 21.1 Å². The first kappa shape index (κ1) is 18.0. The number of allylic oxidation sites excluding steroid dienone is 1. The van der Waals surface area contributed by atoms with Crippen molar-refractivity contribution < 1.29 is 0 Å². The molecule has 0 aliphatic heterocycles. The minimum Gasteiger partial charge on any atom is -0.337 e. The Kier molecular flexibility index (Phi) is 4.72. The molecule has 2 aromatic carbocycles. The van der Waals surface area contributed by atoms with Crippen LogP contribution in [-0.4, -0.2) is 19.7 Å². The second-order valence-corrected chi connectivity index (χ2v) is 7.01. The average molecular weight is 388 g/mol. The summed E-state index contributed by atoms with van der Waals surface area (Å²) in [6.45, 7) is 4.51. The van der Waals surface area contributed by atoms with Crippen LogP contribution in [0.3, 0.4) is 0 Å². The molecule has 2 heterocycles. The number of para-hydroxylation sites is 2. The summed E-state index contributed by atoms with van der Waals surface area (Å²) in [5.41, 5.74) is 5.96. The minimum atomic E-state index is 0.472. The van der Waals surface area contributed by atoms with E-state index in [0.29, 0.717) is 23.0 Å². The summed E-state index contributed by atoms with van der Waals surface area (Å²) in [5, 5.41) is 15.1. The molecule has 0 aliphatic rings. The highest BCUT2D eigenvalue weighted by atomic mass is 35.5. The van der Waals surface area contributed by atoms with Gasteiger partial charge < -0.3 is 4.98 Å². The Morgan fingerprint density at radius 1 is 1.18 bits per heavy atom. The van der Waals surface area contributed by atoms with Crippen LogP contribution in [0.4, 0.5) is 0 Å². The van der Waals surface area contributed by atoms with Gasteiger partial charge >= 0.3 is 0 Å². The molecular formula is C22H18ClN5. The van der Waals surface area contributed by atoms with E-state index >= 15 is 0 Å². The largest absolute Gasteiger partial charge is 0.337 e. The molecule has 138 valence electrons. The molecule has 0 fully saturated rings. The molecule has 0 saturated carbocycles. The third-order valence-electron chi connectivity index (χ3n) is 4.77. The monoisotopic (exact) mass is 387 g/mol. The molecule has 0 spiro atoms. The highest BCUT2D eigenvalue weighted by Crippen LogP contribution is 2.24. The van der Waals surface area contributed by atoms with Gasteiger partial charge in [-0.1, -0.05) is 41.9 Å². The number of hydrogen-bond acceptors (Lipinski definition) is 3. The first-order valence-corrected chi connectivity index (χ1v) is 9.29. The van der Waals surface area contributed by atoms with Gasteiger partial charge in [0, 0.05) is 16.3 Å². The number of nitriles is 1. The molecule has 1 N–H and O–H groups in total. The number of fused-ring (bicyclic) bond motifs is 1. The summed E-state index contributed by atoms with van der Waals surface area (Å²) in [5.74, 6) is 0.557. The molecule has 0 bridgehead atoms. The maximum absolute atomic E-state index is 9.70. The van der Waals surface area contributed by atoms with Crippen molar-refractivity contribution in [3.05, 3.63) is 81.9 Å². The molecule has 4 aromatic rings. The predicted molar refractivity (Wildman–Crippen MR) is 112 cm³/mol. The third kappa shape index (κ3) is 3.30. The van der Waals surface area contributed by atoms with Crippen molar-refractivity contribution in [2.24, 2.45) is 0 Å². The molecule has 0 saturated heterocycles. The van der Waals surface area contributed by atoms with Gasteiger partial charge in [0.05, 0.1) is 28.8 Å². The zero-order valence-corrected chi connectivity index (χ0v) is 16.3. The van der Waals surface area contributed by atoms with E-state index in [1.807, 2.05) is 73.1 Å². The van der Waals surface area contributed by atoms with E-state index in [0.717, 1.165) is 33.5 Å². The zero-order valence-electron chi connectivity index (χ0n) is 15.6. The maximum atomic E-state index is 9.70. The summed E-state index contributed by atoms with van der Waals surface area (Å²) < 4.78 is 1.91. The number of nitrogens with zero attached hydrogens (tertiary/aromatic N) is 4. The lowest BCUT2D eigenvalue weighted by atomic mass is 10.1. The predicted octanol–water partition coefficient (Wildman–Crippen LogP) is 5.14. The van der Waals surface area contributed by atoms with E-state index in [1.54, 1.807) is 0 Å². The molecule has 0 atom stereocenters. The fourth-order valence-corrected chi connectivity index (χ4v) is 3.44. The van der Waals surface area contributed by atoms with Crippen LogP contribution in [0.5, 0.6) is 0 Å². The van der Waals surface area contributed by atoms with Crippen molar-refractivity contribution in [1.82, 2.24) is 19.7 Å². The summed E-state index contributed by atoms with van der Waals surface area (Å²) >= 11 is 6.29. The summed E-state index contributed by atoms with van der Waals surface area (Å²) in [6.07, 6.45) is 1.85. The molecule has 6 heteroatoms. The van der Waals surface area contributed by atoms with Crippen LogP contribution in [-0.2, 0) is 6.54 Å². The fraction of sp³-hybridized carbons (Fsp3) is 0.136. The van der Waals surface area contributed by atoms with Gasteiger partial charge in [0.15, 0.2) is 0 Å². The summed E-state index contributed by atoms with van der Waals surface area (Å²) in [4.78, 5) is 7.75. The van der Waals surface area contributed by atoms with Crippen LogP contribution in [0, 0.1) is 25.2 Å². The number of H-pyrrole nitrogens is 1. The summed E-state index contributed by atoms with van der Waals surface area (Å²) in [7, 11) is 0. The molecule has 5 nitrogen and oxygen atoms in total. The Morgan fingerprint density at radius 2 is 1.93 bits per heavy atom. The summed E-state index contributed by atoms with van der Waals surface area (Å²) in [6, 6.07) is 17.7. The van der Waals surface area contributed by atoms with Crippen LogP contribution < -0.4 is 0 Å². The Hall–Kier alpha value is -3.36.